The topological polar surface area (TPSA) is 93.5 Å². The summed E-state index contributed by atoms with van der Waals surface area (Å²) in [4.78, 5) is 20.2. The number of nitrogens with zero attached hydrogens (tertiary/aromatic N) is 3. The molecule has 1 fully saturated rings. The van der Waals surface area contributed by atoms with Crippen molar-refractivity contribution in [2.24, 2.45) is 11.3 Å². The molecule has 5 rings (SSSR count). The minimum atomic E-state index is -0.676. The molecule has 0 aliphatic heterocycles. The number of imidazole rings is 1. The van der Waals surface area contributed by atoms with E-state index >= 15 is 0 Å². The lowest BCUT2D eigenvalue weighted by Gasteiger charge is -2.48. The number of anilines is 1. The predicted octanol–water partition coefficient (Wildman–Crippen LogP) is 2.73. The fourth-order valence-corrected chi connectivity index (χ4v) is 4.53. The van der Waals surface area contributed by atoms with Gasteiger partial charge in [-0.05, 0) is 46.7 Å². The zero-order chi connectivity index (χ0) is 15.6. The molecule has 0 radical (unpaired) electrons. The van der Waals surface area contributed by atoms with E-state index in [4.69, 9.17) is 5.73 Å². The van der Waals surface area contributed by atoms with Gasteiger partial charge in [-0.3, -0.25) is 9.20 Å². The number of allylic oxidation sites excluding steroid dienone is 2. The van der Waals surface area contributed by atoms with Gasteiger partial charge in [0.05, 0.1) is 5.41 Å². The number of nitrogen functional groups attached to an aromatic ring is 1. The van der Waals surface area contributed by atoms with Gasteiger partial charge in [-0.2, -0.15) is 0 Å². The minimum absolute atomic E-state index is 0.167. The van der Waals surface area contributed by atoms with Crippen LogP contribution in [-0.4, -0.2) is 25.4 Å². The molecule has 1 saturated carbocycles. The molecule has 2 bridgehead atoms. The minimum Gasteiger partial charge on any atom is -0.481 e. The molecule has 0 aromatic carbocycles. The van der Waals surface area contributed by atoms with Crippen LogP contribution in [0.2, 0.25) is 0 Å². The van der Waals surface area contributed by atoms with E-state index in [-0.39, 0.29) is 5.92 Å². The molecule has 2 aromatic heterocycles. The molecule has 7 heteroatoms. The van der Waals surface area contributed by atoms with E-state index in [1.807, 2.05) is 10.6 Å². The Balaban J connectivity index is 1.89. The molecule has 22 heavy (non-hydrogen) atoms. The van der Waals surface area contributed by atoms with Gasteiger partial charge in [-0.25, -0.2) is 9.97 Å². The third-order valence-corrected chi connectivity index (χ3v) is 5.46. The second kappa shape index (κ2) is 4.32. The van der Waals surface area contributed by atoms with Crippen LogP contribution in [0, 0.1) is 11.3 Å². The Bertz CT molecular complexity index is 847. The van der Waals surface area contributed by atoms with Gasteiger partial charge in [0, 0.05) is 12.4 Å². The van der Waals surface area contributed by atoms with Crippen LogP contribution in [0.15, 0.2) is 22.6 Å². The summed E-state index contributed by atoms with van der Waals surface area (Å²) < 4.78 is 2.61. The van der Waals surface area contributed by atoms with Crippen LogP contribution in [0.5, 0.6) is 0 Å². The van der Waals surface area contributed by atoms with E-state index in [0.717, 1.165) is 16.9 Å². The fourth-order valence-electron chi connectivity index (χ4n) is 3.96. The summed E-state index contributed by atoms with van der Waals surface area (Å²) in [5.41, 5.74) is 8.51. The summed E-state index contributed by atoms with van der Waals surface area (Å²) in [5.74, 6) is 0.762. The highest BCUT2D eigenvalue weighted by Crippen LogP contribution is 2.59. The molecular weight excluding hydrogens is 348 g/mol. The van der Waals surface area contributed by atoms with Gasteiger partial charge in [0.15, 0.2) is 5.82 Å². The summed E-state index contributed by atoms with van der Waals surface area (Å²) >= 11 is 3.45. The van der Waals surface area contributed by atoms with Crippen molar-refractivity contribution in [1.82, 2.24) is 14.4 Å². The maximum Gasteiger partial charge on any atom is 0.310 e. The quantitative estimate of drug-likeness (QED) is 0.856. The Hall–Kier alpha value is -1.89. The van der Waals surface area contributed by atoms with Crippen molar-refractivity contribution in [3.63, 3.8) is 0 Å². The van der Waals surface area contributed by atoms with E-state index in [0.29, 0.717) is 29.7 Å². The number of rotatable bonds is 2. The van der Waals surface area contributed by atoms with Crippen LogP contribution in [0.25, 0.3) is 11.1 Å². The number of aliphatic carboxylic acids is 1. The van der Waals surface area contributed by atoms with Crippen LogP contribution < -0.4 is 5.73 Å². The Kier molecular flexibility index (Phi) is 2.70. The van der Waals surface area contributed by atoms with E-state index in [1.165, 1.54) is 5.57 Å². The van der Waals surface area contributed by atoms with Crippen LogP contribution in [0.1, 0.15) is 32.0 Å². The number of fused-ring (bicyclic) bond motifs is 3. The van der Waals surface area contributed by atoms with Gasteiger partial charge in [-0.1, -0.05) is 12.5 Å². The summed E-state index contributed by atoms with van der Waals surface area (Å²) in [6.45, 7) is 2.07. The summed E-state index contributed by atoms with van der Waals surface area (Å²) in [7, 11) is 0. The molecule has 0 amide bonds. The van der Waals surface area contributed by atoms with Crippen molar-refractivity contribution < 1.29 is 9.90 Å². The van der Waals surface area contributed by atoms with Gasteiger partial charge in [0.25, 0.3) is 0 Å². The van der Waals surface area contributed by atoms with Crippen LogP contribution in [0.4, 0.5) is 5.82 Å². The first-order valence-corrected chi connectivity index (χ1v) is 7.96. The van der Waals surface area contributed by atoms with Gasteiger partial charge >= 0.3 is 5.97 Å². The number of nitrogens with two attached hydrogens (primary N) is 1. The highest BCUT2D eigenvalue weighted by Gasteiger charge is 2.53. The third kappa shape index (κ3) is 1.63. The zero-order valence-electron chi connectivity index (χ0n) is 12.0. The van der Waals surface area contributed by atoms with Crippen molar-refractivity contribution in [2.75, 3.05) is 5.73 Å². The first-order valence-electron chi connectivity index (χ1n) is 7.17. The predicted molar refractivity (Wildman–Crippen MR) is 85.1 cm³/mol. The van der Waals surface area contributed by atoms with Crippen LogP contribution in [0.3, 0.4) is 0 Å². The molecule has 3 aliphatic carbocycles. The second-order valence-corrected chi connectivity index (χ2v) is 7.07. The number of carbonyl (C=O) groups is 1. The normalized spacial score (nSPS) is 27.1. The smallest absolute Gasteiger partial charge is 0.310 e. The van der Waals surface area contributed by atoms with E-state index < -0.39 is 11.4 Å². The number of hydrogen-bond donors (Lipinski definition) is 2. The first kappa shape index (κ1) is 13.8. The zero-order valence-corrected chi connectivity index (χ0v) is 13.6. The average molecular weight is 363 g/mol. The Labute approximate surface area is 135 Å². The molecule has 6 nitrogen and oxygen atoms in total. The Morgan fingerprint density at radius 1 is 1.55 bits per heavy atom. The van der Waals surface area contributed by atoms with Gasteiger partial charge < -0.3 is 10.8 Å². The number of halogens is 1. The van der Waals surface area contributed by atoms with Gasteiger partial charge in [-0.15, -0.1) is 0 Å². The van der Waals surface area contributed by atoms with E-state index in [9.17, 15) is 9.90 Å². The van der Waals surface area contributed by atoms with Gasteiger partial charge in [0.1, 0.15) is 15.9 Å². The molecule has 0 saturated heterocycles. The standard InChI is InChI=1S/C15H15BrN4O2/c1-7-4-15(14(21)22)5-8(6-15)9(7)13-19-11(16)10-12(17)18-2-3-20(10)13/h2-3,7H,4-6H2,1H3,(H2,17,18)(H,21,22). The number of aromatic nitrogens is 3. The first-order chi connectivity index (χ1) is 10.4. The lowest BCUT2D eigenvalue weighted by Crippen LogP contribution is -2.45. The lowest BCUT2D eigenvalue weighted by molar-refractivity contribution is -0.153. The molecule has 114 valence electrons. The fraction of sp³-hybridized carbons (Fsp3) is 0.400. The summed E-state index contributed by atoms with van der Waals surface area (Å²) in [6, 6.07) is 0. The molecule has 2 aromatic rings. The monoisotopic (exact) mass is 362 g/mol. The maximum absolute atomic E-state index is 11.5. The number of carboxylic acid groups (broad SMARTS) is 1. The molecule has 1 atom stereocenters. The lowest BCUT2D eigenvalue weighted by atomic mass is 9.54. The highest BCUT2D eigenvalue weighted by molar-refractivity contribution is 9.10. The van der Waals surface area contributed by atoms with Crippen LogP contribution >= 0.6 is 15.9 Å². The SMILES string of the molecule is CC1CC2(C(=O)O)CC(=C1c1nc(Br)c3c(N)nccn13)C2. The number of hydrogen-bond acceptors (Lipinski definition) is 4. The second-order valence-electron chi connectivity index (χ2n) is 6.32. The largest absolute Gasteiger partial charge is 0.481 e. The van der Waals surface area contributed by atoms with E-state index in [2.05, 4.69) is 32.8 Å². The summed E-state index contributed by atoms with van der Waals surface area (Å²) in [5, 5.41) is 9.45. The molecule has 1 unspecified atom stereocenters. The molecule has 3 N–H and O–H groups in total. The Morgan fingerprint density at radius 2 is 2.27 bits per heavy atom. The van der Waals surface area contributed by atoms with Crippen molar-refractivity contribution in [1.29, 1.82) is 0 Å². The van der Waals surface area contributed by atoms with E-state index in [1.54, 1.807) is 6.20 Å². The van der Waals surface area contributed by atoms with Crippen molar-refractivity contribution in [3.8, 4) is 0 Å². The van der Waals surface area contributed by atoms with Crippen LogP contribution in [-0.2, 0) is 4.79 Å². The Morgan fingerprint density at radius 3 is 2.91 bits per heavy atom. The molecular formula is C15H15BrN4O2. The van der Waals surface area contributed by atoms with Crippen molar-refractivity contribution in [3.05, 3.63) is 28.4 Å². The maximum atomic E-state index is 11.5. The van der Waals surface area contributed by atoms with Crippen molar-refractivity contribution in [2.45, 2.75) is 26.2 Å². The molecule has 0 spiro atoms. The third-order valence-electron chi connectivity index (χ3n) is 4.91. The highest BCUT2D eigenvalue weighted by atomic mass is 79.9. The van der Waals surface area contributed by atoms with Gasteiger partial charge in [0.2, 0.25) is 0 Å². The molecule has 3 aliphatic rings. The number of carboxylic acids is 1. The average Bonchev–Trinajstić information content (AvgIpc) is 2.75. The van der Waals surface area contributed by atoms with Crippen molar-refractivity contribution >= 4 is 38.8 Å². The summed E-state index contributed by atoms with van der Waals surface area (Å²) in [6.07, 6.45) is 5.43. The molecule has 2 heterocycles.